The minimum atomic E-state index is -0.0428. The summed E-state index contributed by atoms with van der Waals surface area (Å²) in [6.07, 6.45) is 3.67. The Labute approximate surface area is 180 Å². The van der Waals surface area contributed by atoms with Crippen LogP contribution < -0.4 is 10.2 Å². The third-order valence-electron chi connectivity index (χ3n) is 4.41. The summed E-state index contributed by atoms with van der Waals surface area (Å²) in [4.78, 5) is 28.2. The van der Waals surface area contributed by atoms with E-state index in [-0.39, 0.29) is 5.91 Å². The number of hydrogen-bond acceptors (Lipinski definition) is 7. The maximum atomic E-state index is 12.5. The van der Waals surface area contributed by atoms with Crippen molar-refractivity contribution in [3.63, 3.8) is 0 Å². The van der Waals surface area contributed by atoms with Crippen molar-refractivity contribution in [2.75, 3.05) is 29.1 Å². The Kier molecular flexibility index (Phi) is 7.44. The van der Waals surface area contributed by atoms with Gasteiger partial charge in [-0.15, -0.1) is 0 Å². The highest BCUT2D eigenvalue weighted by molar-refractivity contribution is 8.00. The lowest BCUT2D eigenvalue weighted by Crippen LogP contribution is -2.24. The zero-order chi connectivity index (χ0) is 20.8. The van der Waals surface area contributed by atoms with Crippen LogP contribution in [0, 0.1) is 13.8 Å². The normalized spacial score (nSPS) is 11.0. The summed E-state index contributed by atoms with van der Waals surface area (Å²) in [6, 6.07) is 6.05. The third kappa shape index (κ3) is 5.45. The number of hydrogen-bond donors (Lipinski definition) is 1. The number of carbonyl (C=O) groups excluding carboxylic acids is 1. The molecule has 0 aliphatic heterocycles. The van der Waals surface area contributed by atoms with Crippen LogP contribution in [-0.2, 0) is 4.79 Å². The number of thioether (sulfide) groups is 1. The summed E-state index contributed by atoms with van der Waals surface area (Å²) < 4.78 is 0.948. The molecule has 2 heterocycles. The van der Waals surface area contributed by atoms with Gasteiger partial charge in [-0.25, -0.2) is 9.97 Å². The van der Waals surface area contributed by atoms with Crippen LogP contribution in [0.3, 0.4) is 0 Å². The van der Waals surface area contributed by atoms with Gasteiger partial charge in [-0.1, -0.05) is 49.1 Å². The first-order valence-electron chi connectivity index (χ1n) is 9.88. The van der Waals surface area contributed by atoms with E-state index in [1.165, 1.54) is 18.1 Å². The van der Waals surface area contributed by atoms with Gasteiger partial charge in [0.15, 0.2) is 10.8 Å². The van der Waals surface area contributed by atoms with E-state index in [1.54, 1.807) is 11.3 Å². The first kappa shape index (κ1) is 21.5. The van der Waals surface area contributed by atoms with Crippen LogP contribution in [0.15, 0.2) is 29.6 Å². The monoisotopic (exact) mass is 429 g/mol. The third-order valence-corrected chi connectivity index (χ3v) is 6.64. The second kappa shape index (κ2) is 10.0. The fraction of sp³-hybridized carbons (Fsp3) is 0.429. The van der Waals surface area contributed by atoms with E-state index in [0.717, 1.165) is 57.6 Å². The number of carbonyl (C=O) groups is 1. The molecule has 8 heteroatoms. The highest BCUT2D eigenvalue weighted by Gasteiger charge is 2.16. The molecule has 6 nitrogen and oxygen atoms in total. The van der Waals surface area contributed by atoms with Crippen LogP contribution in [0.5, 0.6) is 0 Å². The molecule has 1 N–H and O–H groups in total. The lowest BCUT2D eigenvalue weighted by molar-refractivity contribution is -0.113. The quantitative estimate of drug-likeness (QED) is 0.379. The minimum absolute atomic E-state index is 0.0428. The number of amides is 1. The molecule has 0 aliphatic rings. The molecular formula is C21H27N5OS2. The average molecular weight is 430 g/mol. The molecule has 1 amide bonds. The molecule has 0 unspecified atom stereocenters. The topological polar surface area (TPSA) is 71.0 Å². The molecule has 0 saturated heterocycles. The van der Waals surface area contributed by atoms with E-state index < -0.39 is 0 Å². The number of rotatable bonds is 9. The molecule has 1 aromatic carbocycles. The molecule has 0 bridgehead atoms. The molecule has 2 aromatic heterocycles. The summed E-state index contributed by atoms with van der Waals surface area (Å²) in [7, 11) is 0. The molecule has 0 atom stereocenters. The average Bonchev–Trinajstić information content (AvgIpc) is 3.14. The van der Waals surface area contributed by atoms with E-state index in [2.05, 4.69) is 34.0 Å². The van der Waals surface area contributed by atoms with Gasteiger partial charge in [-0.3, -0.25) is 4.79 Å². The molecule has 29 heavy (non-hydrogen) atoms. The Morgan fingerprint density at radius 3 is 2.66 bits per heavy atom. The molecule has 0 saturated carbocycles. The second-order valence-electron chi connectivity index (χ2n) is 6.97. The summed E-state index contributed by atoms with van der Waals surface area (Å²) in [5.74, 6) is 0.249. The van der Waals surface area contributed by atoms with Crippen molar-refractivity contribution in [3.8, 4) is 0 Å². The number of thiazole rings is 1. The first-order chi connectivity index (χ1) is 14.0. The Balaban J connectivity index is 1.72. The van der Waals surface area contributed by atoms with Gasteiger partial charge in [0.1, 0.15) is 16.1 Å². The zero-order valence-electron chi connectivity index (χ0n) is 17.4. The van der Waals surface area contributed by atoms with Crippen LogP contribution in [-0.4, -0.2) is 39.7 Å². The van der Waals surface area contributed by atoms with Gasteiger partial charge in [-0.2, -0.15) is 4.98 Å². The van der Waals surface area contributed by atoms with Gasteiger partial charge >= 0.3 is 0 Å². The van der Waals surface area contributed by atoms with E-state index in [9.17, 15) is 4.79 Å². The number of anilines is 2. The van der Waals surface area contributed by atoms with Crippen LogP contribution in [0.1, 0.15) is 37.8 Å². The van der Waals surface area contributed by atoms with E-state index in [1.807, 2.05) is 32.0 Å². The summed E-state index contributed by atoms with van der Waals surface area (Å²) in [6.45, 7) is 10.3. The van der Waals surface area contributed by atoms with Crippen molar-refractivity contribution in [2.24, 2.45) is 0 Å². The summed E-state index contributed by atoms with van der Waals surface area (Å²) in [5, 5.41) is 4.79. The van der Waals surface area contributed by atoms with Crippen LogP contribution in [0.2, 0.25) is 0 Å². The highest BCUT2D eigenvalue weighted by atomic mass is 32.2. The van der Waals surface area contributed by atoms with E-state index in [0.29, 0.717) is 11.4 Å². The van der Waals surface area contributed by atoms with Crippen molar-refractivity contribution in [2.45, 2.75) is 45.6 Å². The van der Waals surface area contributed by atoms with Gasteiger partial charge in [0.25, 0.3) is 0 Å². The van der Waals surface area contributed by atoms with E-state index in [4.69, 9.17) is 4.98 Å². The molecule has 0 spiro atoms. The summed E-state index contributed by atoms with van der Waals surface area (Å²) in [5.41, 5.74) is 3.74. The molecular weight excluding hydrogens is 402 g/mol. The van der Waals surface area contributed by atoms with Gasteiger partial charge < -0.3 is 10.2 Å². The van der Waals surface area contributed by atoms with Crippen molar-refractivity contribution in [3.05, 3.63) is 35.7 Å². The van der Waals surface area contributed by atoms with Crippen molar-refractivity contribution < 1.29 is 4.79 Å². The number of nitrogens with zero attached hydrogens (tertiary/aromatic N) is 4. The molecule has 3 rings (SSSR count). The van der Waals surface area contributed by atoms with Crippen molar-refractivity contribution in [1.29, 1.82) is 0 Å². The Hall–Kier alpha value is -2.19. The van der Waals surface area contributed by atoms with E-state index >= 15 is 0 Å². The molecule has 0 radical (unpaired) electrons. The molecule has 3 aromatic rings. The predicted molar refractivity (Wildman–Crippen MR) is 123 cm³/mol. The number of aryl methyl sites for hydroxylation is 2. The molecule has 0 fully saturated rings. The van der Waals surface area contributed by atoms with Crippen molar-refractivity contribution >= 4 is 50.2 Å². The minimum Gasteiger partial charge on any atom is -0.348 e. The number of nitrogens with one attached hydrogen (secondary N) is 1. The number of benzene rings is 1. The van der Waals surface area contributed by atoms with Crippen molar-refractivity contribution in [1.82, 2.24) is 15.0 Å². The van der Waals surface area contributed by atoms with Gasteiger partial charge in [-0.05, 0) is 43.9 Å². The highest BCUT2D eigenvalue weighted by Crippen LogP contribution is 2.34. The van der Waals surface area contributed by atoms with Crippen LogP contribution in [0.25, 0.3) is 10.3 Å². The second-order valence-corrected chi connectivity index (χ2v) is 8.91. The standard InChI is InChI=1S/C21H27N5OS2/c1-5-9-26(10-6-2)21-25-19-18(29-21)20(23-13-22-19)28-12-17(27)24-16-11-14(3)7-8-15(16)4/h7-8,11,13H,5-6,9-10,12H2,1-4H3,(H,24,27). The SMILES string of the molecule is CCCN(CCC)c1nc2ncnc(SCC(=O)Nc3cc(C)ccc3C)c2s1. The smallest absolute Gasteiger partial charge is 0.234 e. The van der Waals surface area contributed by atoms with Crippen LogP contribution >= 0.6 is 23.1 Å². The summed E-state index contributed by atoms with van der Waals surface area (Å²) >= 11 is 3.04. The largest absolute Gasteiger partial charge is 0.348 e. The lowest BCUT2D eigenvalue weighted by Gasteiger charge is -2.19. The Morgan fingerprint density at radius 2 is 1.93 bits per heavy atom. The maximum absolute atomic E-state index is 12.5. The number of aromatic nitrogens is 3. The van der Waals surface area contributed by atoms with Crippen LogP contribution in [0.4, 0.5) is 10.8 Å². The zero-order valence-corrected chi connectivity index (χ0v) is 19.0. The van der Waals surface area contributed by atoms with Gasteiger partial charge in [0.2, 0.25) is 5.91 Å². The lowest BCUT2D eigenvalue weighted by atomic mass is 10.1. The molecule has 154 valence electrons. The molecule has 0 aliphatic carbocycles. The first-order valence-corrected chi connectivity index (χ1v) is 11.7. The van der Waals surface area contributed by atoms with Gasteiger partial charge in [0, 0.05) is 18.8 Å². The fourth-order valence-corrected chi connectivity index (χ4v) is 4.94. The van der Waals surface area contributed by atoms with Gasteiger partial charge in [0.05, 0.1) is 5.75 Å². The number of fused-ring (bicyclic) bond motifs is 1. The predicted octanol–water partition coefficient (Wildman–Crippen LogP) is 5.06. The maximum Gasteiger partial charge on any atom is 0.234 e. The Bertz CT molecular complexity index is 982. The Morgan fingerprint density at radius 1 is 1.17 bits per heavy atom. The fourth-order valence-electron chi connectivity index (χ4n) is 2.99.